The molecule has 2 aromatic carbocycles. The lowest BCUT2D eigenvalue weighted by Crippen LogP contribution is -2.17. The van der Waals surface area contributed by atoms with E-state index in [2.05, 4.69) is 10.1 Å². The van der Waals surface area contributed by atoms with Crippen LogP contribution < -0.4 is 5.76 Å². The minimum absolute atomic E-state index is 0.0496. The monoisotopic (exact) mass is 433 g/mol. The van der Waals surface area contributed by atoms with Crippen molar-refractivity contribution in [3.05, 3.63) is 70.5 Å². The van der Waals surface area contributed by atoms with E-state index >= 15 is 0 Å². The maximum atomic E-state index is 12.8. The molecule has 0 unspecified atom stereocenters. The maximum absolute atomic E-state index is 12.8. The third-order valence-corrected chi connectivity index (χ3v) is 4.39. The molecule has 0 atom stereocenters. The van der Waals surface area contributed by atoms with Gasteiger partial charge >= 0.3 is 17.9 Å². The summed E-state index contributed by atoms with van der Waals surface area (Å²) in [5.41, 5.74) is 0.240. The van der Waals surface area contributed by atoms with Gasteiger partial charge in [-0.2, -0.15) is 18.2 Å². The number of rotatable bonds is 6. The number of aryl methyl sites for hydroxylation is 1. The Bertz CT molecular complexity index is 1290. The molecule has 0 N–H and O–H groups in total. The Kier molecular flexibility index (Phi) is 5.32. The van der Waals surface area contributed by atoms with Crippen LogP contribution in [0.4, 0.5) is 13.2 Å². The largest absolute Gasteiger partial charge is 0.456 e. The number of para-hydroxylation sites is 2. The van der Waals surface area contributed by atoms with Gasteiger partial charge in [-0.25, -0.2) is 4.79 Å². The molecule has 8 nitrogen and oxygen atoms in total. The molecule has 160 valence electrons. The zero-order chi connectivity index (χ0) is 22.0. The molecule has 0 fully saturated rings. The Morgan fingerprint density at radius 2 is 1.94 bits per heavy atom. The van der Waals surface area contributed by atoms with Crippen molar-refractivity contribution in [2.75, 3.05) is 0 Å². The first-order valence-corrected chi connectivity index (χ1v) is 9.05. The Morgan fingerprint density at radius 3 is 2.74 bits per heavy atom. The highest BCUT2D eigenvalue weighted by Crippen LogP contribution is 2.31. The fraction of sp³-hybridized carbons (Fsp3) is 0.200. The van der Waals surface area contributed by atoms with Crippen molar-refractivity contribution in [2.45, 2.75) is 25.7 Å². The lowest BCUT2D eigenvalue weighted by atomic mass is 10.1. The third kappa shape index (κ3) is 4.49. The van der Waals surface area contributed by atoms with Gasteiger partial charge in [0.25, 0.3) is 5.89 Å². The number of benzene rings is 2. The standard InChI is InChI=1S/C20H14F3N3O5/c21-20(22,23)13-5-3-4-12(10-13)18-24-16(31-25-18)11-29-17(27)8-9-26-14-6-1-2-7-15(14)30-19(26)28/h1-7,10H,8-9,11H2. The second-order valence-corrected chi connectivity index (χ2v) is 6.49. The number of hydrogen-bond donors (Lipinski definition) is 0. The zero-order valence-electron chi connectivity index (χ0n) is 15.8. The second kappa shape index (κ2) is 8.09. The molecular formula is C20H14F3N3O5. The Balaban J connectivity index is 1.36. The highest BCUT2D eigenvalue weighted by molar-refractivity contribution is 5.73. The number of ether oxygens (including phenoxy) is 1. The summed E-state index contributed by atoms with van der Waals surface area (Å²) in [5, 5.41) is 3.62. The summed E-state index contributed by atoms with van der Waals surface area (Å²) in [4.78, 5) is 27.9. The smallest absolute Gasteiger partial charge is 0.419 e. The van der Waals surface area contributed by atoms with E-state index in [0.29, 0.717) is 11.1 Å². The van der Waals surface area contributed by atoms with Crippen LogP contribution in [0.5, 0.6) is 0 Å². The van der Waals surface area contributed by atoms with E-state index in [9.17, 15) is 22.8 Å². The van der Waals surface area contributed by atoms with E-state index in [1.165, 1.54) is 16.7 Å². The first kappa shape index (κ1) is 20.4. The summed E-state index contributed by atoms with van der Waals surface area (Å²) >= 11 is 0. The quantitative estimate of drug-likeness (QED) is 0.427. The molecule has 0 radical (unpaired) electrons. The topological polar surface area (TPSA) is 100 Å². The van der Waals surface area contributed by atoms with Gasteiger partial charge in [-0.3, -0.25) is 9.36 Å². The molecule has 0 spiro atoms. The summed E-state index contributed by atoms with van der Waals surface area (Å²) in [7, 11) is 0. The molecule has 2 aromatic heterocycles. The number of esters is 1. The molecular weight excluding hydrogens is 419 g/mol. The van der Waals surface area contributed by atoms with Gasteiger partial charge in [0.15, 0.2) is 12.2 Å². The van der Waals surface area contributed by atoms with Crippen LogP contribution in [0, 0.1) is 0 Å². The van der Waals surface area contributed by atoms with Crippen LogP contribution in [-0.4, -0.2) is 20.7 Å². The molecule has 0 saturated carbocycles. The van der Waals surface area contributed by atoms with Gasteiger partial charge < -0.3 is 13.7 Å². The number of alkyl halides is 3. The van der Waals surface area contributed by atoms with Crippen molar-refractivity contribution < 1.29 is 31.6 Å². The van der Waals surface area contributed by atoms with Crippen LogP contribution >= 0.6 is 0 Å². The molecule has 4 aromatic rings. The number of aromatic nitrogens is 3. The average Bonchev–Trinajstić information content (AvgIpc) is 3.34. The van der Waals surface area contributed by atoms with Gasteiger partial charge in [-0.05, 0) is 24.3 Å². The Hall–Kier alpha value is -3.89. The van der Waals surface area contributed by atoms with Crippen molar-refractivity contribution in [3.8, 4) is 11.4 Å². The predicted octanol–water partition coefficient (Wildman–Crippen LogP) is 3.80. The van der Waals surface area contributed by atoms with E-state index in [1.54, 1.807) is 24.3 Å². The SMILES string of the molecule is O=C(CCn1c(=O)oc2ccccc21)OCc1nc(-c2cccc(C(F)(F)F)c2)no1. The third-order valence-electron chi connectivity index (χ3n) is 4.39. The molecule has 11 heteroatoms. The first-order chi connectivity index (χ1) is 14.8. The van der Waals surface area contributed by atoms with Crippen molar-refractivity contribution in [1.29, 1.82) is 0 Å². The van der Waals surface area contributed by atoms with Crippen LogP contribution in [0.3, 0.4) is 0 Å². The number of carbonyl (C=O) groups excluding carboxylic acids is 1. The summed E-state index contributed by atoms with van der Waals surface area (Å²) < 4.78 is 54.9. The van der Waals surface area contributed by atoms with E-state index in [-0.39, 0.29) is 36.9 Å². The van der Waals surface area contributed by atoms with Crippen molar-refractivity contribution >= 4 is 17.1 Å². The predicted molar refractivity (Wildman–Crippen MR) is 99.6 cm³/mol. The number of hydrogen-bond acceptors (Lipinski definition) is 7. The summed E-state index contributed by atoms with van der Waals surface area (Å²) in [6.07, 6.45) is -4.61. The summed E-state index contributed by atoms with van der Waals surface area (Å²) in [5.74, 6) is -1.35. The lowest BCUT2D eigenvalue weighted by Gasteiger charge is -2.06. The van der Waals surface area contributed by atoms with Gasteiger partial charge in [0.2, 0.25) is 5.82 Å². The number of halogens is 3. The van der Waals surface area contributed by atoms with Gasteiger partial charge in [-0.1, -0.05) is 29.4 Å². The molecule has 0 amide bonds. The molecule has 0 bridgehead atoms. The molecule has 0 aliphatic heterocycles. The molecule has 4 rings (SSSR count). The van der Waals surface area contributed by atoms with Crippen molar-refractivity contribution in [2.24, 2.45) is 0 Å². The minimum Gasteiger partial charge on any atom is -0.456 e. The molecule has 0 saturated heterocycles. The van der Waals surface area contributed by atoms with Crippen LogP contribution in [-0.2, 0) is 28.9 Å². The van der Waals surface area contributed by atoms with E-state index in [4.69, 9.17) is 13.7 Å². The Morgan fingerprint density at radius 1 is 1.13 bits per heavy atom. The number of carbonyl (C=O) groups is 1. The summed E-state index contributed by atoms with van der Waals surface area (Å²) in [6.45, 7) is -0.306. The van der Waals surface area contributed by atoms with Crippen molar-refractivity contribution in [3.63, 3.8) is 0 Å². The Labute approximate surface area is 171 Å². The lowest BCUT2D eigenvalue weighted by molar-refractivity contribution is -0.146. The average molecular weight is 433 g/mol. The number of oxazole rings is 1. The number of nitrogens with zero attached hydrogens (tertiary/aromatic N) is 3. The van der Waals surface area contributed by atoms with Gasteiger partial charge in [0, 0.05) is 12.1 Å². The molecule has 2 heterocycles. The van der Waals surface area contributed by atoms with E-state index < -0.39 is 23.5 Å². The van der Waals surface area contributed by atoms with Gasteiger partial charge in [0.05, 0.1) is 17.5 Å². The van der Waals surface area contributed by atoms with E-state index in [1.807, 2.05) is 0 Å². The fourth-order valence-corrected chi connectivity index (χ4v) is 2.91. The van der Waals surface area contributed by atoms with Crippen LogP contribution in [0.15, 0.2) is 62.3 Å². The zero-order valence-corrected chi connectivity index (χ0v) is 15.8. The molecule has 0 aliphatic rings. The second-order valence-electron chi connectivity index (χ2n) is 6.49. The fourth-order valence-electron chi connectivity index (χ4n) is 2.91. The van der Waals surface area contributed by atoms with Crippen LogP contribution in [0.25, 0.3) is 22.5 Å². The minimum atomic E-state index is -4.50. The van der Waals surface area contributed by atoms with Gasteiger partial charge in [0.1, 0.15) is 0 Å². The first-order valence-electron chi connectivity index (χ1n) is 9.05. The number of fused-ring (bicyclic) bond motifs is 1. The molecule has 0 aliphatic carbocycles. The highest BCUT2D eigenvalue weighted by atomic mass is 19.4. The summed E-state index contributed by atoms with van der Waals surface area (Å²) in [6, 6.07) is 11.3. The molecule has 31 heavy (non-hydrogen) atoms. The normalized spacial score (nSPS) is 11.7. The van der Waals surface area contributed by atoms with E-state index in [0.717, 1.165) is 12.1 Å². The maximum Gasteiger partial charge on any atom is 0.419 e. The van der Waals surface area contributed by atoms with Gasteiger partial charge in [-0.15, -0.1) is 0 Å². The van der Waals surface area contributed by atoms with Crippen molar-refractivity contribution in [1.82, 2.24) is 14.7 Å². The highest BCUT2D eigenvalue weighted by Gasteiger charge is 2.30. The van der Waals surface area contributed by atoms with Crippen LogP contribution in [0.1, 0.15) is 17.9 Å². The van der Waals surface area contributed by atoms with Crippen LogP contribution in [0.2, 0.25) is 0 Å².